The molecule has 2 aromatic rings. The third-order valence-corrected chi connectivity index (χ3v) is 5.43. The van der Waals surface area contributed by atoms with Gasteiger partial charge >= 0.3 is 6.03 Å². The zero-order valence-corrected chi connectivity index (χ0v) is 13.5. The number of carbonyl (C=O) groups is 2. The maximum Gasteiger partial charge on any atom is 0.321 e. The summed E-state index contributed by atoms with van der Waals surface area (Å²) in [6.45, 7) is 3.17. The highest BCUT2D eigenvalue weighted by atomic mass is 32.2. The molecule has 0 saturated carbocycles. The van der Waals surface area contributed by atoms with E-state index in [9.17, 15) is 18.0 Å². The normalized spacial score (nSPS) is 14.4. The Hall–Kier alpha value is -2.87. The van der Waals surface area contributed by atoms with E-state index in [1.54, 1.807) is 18.2 Å². The van der Waals surface area contributed by atoms with Crippen molar-refractivity contribution >= 4 is 38.4 Å². The van der Waals surface area contributed by atoms with E-state index in [1.165, 1.54) is 12.1 Å². The van der Waals surface area contributed by atoms with E-state index in [1.807, 2.05) is 12.1 Å². The molecule has 0 aliphatic carbocycles. The summed E-state index contributed by atoms with van der Waals surface area (Å²) in [6.07, 6.45) is 1.46. The van der Waals surface area contributed by atoms with Crippen LogP contribution < -0.4 is 14.9 Å². The van der Waals surface area contributed by atoms with E-state index < -0.39 is 28.5 Å². The number of nitrogens with one attached hydrogen (secondary N) is 2. The van der Waals surface area contributed by atoms with Gasteiger partial charge in [0.2, 0.25) is 5.91 Å². The molecule has 7 nitrogen and oxygen atoms in total. The highest BCUT2D eigenvalue weighted by Gasteiger charge is 2.36. The van der Waals surface area contributed by atoms with Gasteiger partial charge in [0.05, 0.1) is 10.6 Å². The molecule has 1 aliphatic rings. The van der Waals surface area contributed by atoms with Crippen molar-refractivity contribution in [3.63, 3.8) is 0 Å². The molecule has 3 rings (SSSR count). The van der Waals surface area contributed by atoms with E-state index >= 15 is 0 Å². The van der Waals surface area contributed by atoms with Crippen LogP contribution in [0.25, 0.3) is 10.8 Å². The minimum atomic E-state index is -3.82. The molecular formula is C16H15N3O4S. The second-order valence-corrected chi connectivity index (χ2v) is 7.02. The van der Waals surface area contributed by atoms with Crippen molar-refractivity contribution < 1.29 is 18.0 Å². The van der Waals surface area contributed by atoms with E-state index in [2.05, 4.69) is 17.2 Å². The van der Waals surface area contributed by atoms with E-state index in [-0.39, 0.29) is 11.4 Å². The molecule has 2 aromatic carbocycles. The minimum absolute atomic E-state index is 0.166. The molecule has 24 heavy (non-hydrogen) atoms. The van der Waals surface area contributed by atoms with Crippen molar-refractivity contribution in [3.05, 3.63) is 49.1 Å². The number of sulfonamides is 1. The highest BCUT2D eigenvalue weighted by molar-refractivity contribution is 7.93. The van der Waals surface area contributed by atoms with Crippen LogP contribution in [-0.4, -0.2) is 33.4 Å². The second kappa shape index (κ2) is 5.97. The number of urea groups is 1. The monoisotopic (exact) mass is 345 g/mol. The van der Waals surface area contributed by atoms with Crippen LogP contribution in [0.3, 0.4) is 0 Å². The largest absolute Gasteiger partial charge is 0.334 e. The molecule has 1 aliphatic heterocycles. The molecule has 3 amide bonds. The Kier molecular flexibility index (Phi) is 3.98. The molecule has 0 fully saturated rings. The summed E-state index contributed by atoms with van der Waals surface area (Å²) in [5, 5.41) is 5.85. The van der Waals surface area contributed by atoms with Crippen LogP contribution in [0.4, 0.5) is 10.5 Å². The Morgan fingerprint density at radius 1 is 1.17 bits per heavy atom. The lowest BCUT2D eigenvalue weighted by Gasteiger charge is -2.18. The van der Waals surface area contributed by atoms with Gasteiger partial charge in [-0.15, -0.1) is 6.58 Å². The Bertz CT molecular complexity index is 948. The topological polar surface area (TPSA) is 95.6 Å². The summed E-state index contributed by atoms with van der Waals surface area (Å²) < 4.78 is 26.4. The number of benzene rings is 2. The Labute approximate surface area is 139 Å². The van der Waals surface area contributed by atoms with Crippen LogP contribution in [0.5, 0.6) is 0 Å². The fourth-order valence-electron chi connectivity index (χ4n) is 2.63. The SMILES string of the molecule is C=CCNC(=O)NC(=O)CN1c2cccc3cccc(c23)S1(=O)=O. The molecule has 0 spiro atoms. The third kappa shape index (κ3) is 2.61. The predicted molar refractivity (Wildman–Crippen MR) is 90.2 cm³/mol. The lowest BCUT2D eigenvalue weighted by Crippen LogP contribution is -2.45. The van der Waals surface area contributed by atoms with Gasteiger partial charge in [0.15, 0.2) is 0 Å². The maximum absolute atomic E-state index is 12.7. The average Bonchev–Trinajstić information content (AvgIpc) is 2.76. The first-order valence-electron chi connectivity index (χ1n) is 7.18. The molecule has 0 atom stereocenters. The van der Waals surface area contributed by atoms with Gasteiger partial charge in [-0.2, -0.15) is 0 Å². The van der Waals surface area contributed by atoms with Crippen LogP contribution in [-0.2, 0) is 14.8 Å². The molecule has 8 heteroatoms. The number of imide groups is 1. The number of nitrogens with zero attached hydrogens (tertiary/aromatic N) is 1. The lowest BCUT2D eigenvalue weighted by molar-refractivity contribution is -0.118. The molecular weight excluding hydrogens is 330 g/mol. The van der Waals surface area contributed by atoms with Crippen LogP contribution in [0.1, 0.15) is 0 Å². The minimum Gasteiger partial charge on any atom is -0.334 e. The smallest absolute Gasteiger partial charge is 0.321 e. The molecule has 124 valence electrons. The Morgan fingerprint density at radius 2 is 1.88 bits per heavy atom. The standard InChI is InChI=1S/C16H15N3O4S/c1-2-9-17-16(21)18-14(20)10-19-12-7-3-5-11-6-4-8-13(15(11)12)24(19,22)23/h2-8H,1,9-10H2,(H2,17,18,20,21). The van der Waals surface area contributed by atoms with Gasteiger partial charge in [-0.25, -0.2) is 13.2 Å². The van der Waals surface area contributed by atoms with Crippen LogP contribution in [0.15, 0.2) is 53.9 Å². The first-order valence-corrected chi connectivity index (χ1v) is 8.62. The summed E-state index contributed by atoms with van der Waals surface area (Å²) in [7, 11) is -3.82. The fourth-order valence-corrected chi connectivity index (χ4v) is 4.30. The molecule has 0 bridgehead atoms. The molecule has 1 heterocycles. The number of amides is 3. The number of hydrogen-bond acceptors (Lipinski definition) is 4. The zero-order valence-electron chi connectivity index (χ0n) is 12.7. The van der Waals surface area contributed by atoms with E-state index in [0.717, 1.165) is 9.69 Å². The van der Waals surface area contributed by atoms with Crippen molar-refractivity contribution in [1.29, 1.82) is 0 Å². The van der Waals surface area contributed by atoms with Gasteiger partial charge in [0, 0.05) is 11.9 Å². The van der Waals surface area contributed by atoms with Gasteiger partial charge in [0.25, 0.3) is 10.0 Å². The van der Waals surface area contributed by atoms with E-state index in [0.29, 0.717) is 11.1 Å². The van der Waals surface area contributed by atoms with Crippen molar-refractivity contribution in [3.8, 4) is 0 Å². The summed E-state index contributed by atoms with van der Waals surface area (Å²) in [5.74, 6) is -0.718. The number of carbonyl (C=O) groups excluding carboxylic acids is 2. The second-order valence-electron chi connectivity index (χ2n) is 5.19. The van der Waals surface area contributed by atoms with Crippen molar-refractivity contribution in [2.45, 2.75) is 4.90 Å². The molecule has 0 unspecified atom stereocenters. The van der Waals surface area contributed by atoms with Crippen molar-refractivity contribution in [1.82, 2.24) is 10.6 Å². The Morgan fingerprint density at radius 3 is 2.58 bits per heavy atom. The van der Waals surface area contributed by atoms with Crippen molar-refractivity contribution in [2.24, 2.45) is 0 Å². The first-order chi connectivity index (χ1) is 11.4. The summed E-state index contributed by atoms with van der Waals surface area (Å²) in [4.78, 5) is 23.7. The first kappa shape index (κ1) is 16.0. The van der Waals surface area contributed by atoms with Crippen LogP contribution >= 0.6 is 0 Å². The number of anilines is 1. The fraction of sp³-hybridized carbons (Fsp3) is 0.125. The van der Waals surface area contributed by atoms with Crippen LogP contribution in [0, 0.1) is 0 Å². The van der Waals surface area contributed by atoms with Gasteiger partial charge in [0.1, 0.15) is 6.54 Å². The maximum atomic E-state index is 12.7. The predicted octanol–water partition coefficient (Wildman–Crippen LogP) is 1.36. The number of rotatable bonds is 4. The van der Waals surface area contributed by atoms with Gasteiger partial charge < -0.3 is 5.32 Å². The van der Waals surface area contributed by atoms with Gasteiger partial charge in [-0.3, -0.25) is 14.4 Å². The van der Waals surface area contributed by atoms with Gasteiger partial charge in [-0.1, -0.05) is 30.3 Å². The highest BCUT2D eigenvalue weighted by Crippen LogP contribution is 2.41. The van der Waals surface area contributed by atoms with E-state index in [4.69, 9.17) is 0 Å². The number of hydrogen-bond donors (Lipinski definition) is 2. The molecule has 0 saturated heterocycles. The van der Waals surface area contributed by atoms with Crippen LogP contribution in [0.2, 0.25) is 0 Å². The summed E-state index contributed by atoms with van der Waals surface area (Å²) in [5.41, 5.74) is 0.435. The summed E-state index contributed by atoms with van der Waals surface area (Å²) in [6, 6.07) is 9.45. The molecule has 0 radical (unpaired) electrons. The lowest BCUT2D eigenvalue weighted by atomic mass is 10.1. The van der Waals surface area contributed by atoms with Gasteiger partial charge in [-0.05, 0) is 17.5 Å². The third-order valence-electron chi connectivity index (χ3n) is 3.63. The summed E-state index contributed by atoms with van der Waals surface area (Å²) >= 11 is 0. The Balaban J connectivity index is 1.88. The molecule has 2 N–H and O–H groups in total. The zero-order chi connectivity index (χ0) is 17.3. The average molecular weight is 345 g/mol. The quantitative estimate of drug-likeness (QED) is 0.818. The molecule has 0 aromatic heterocycles. The van der Waals surface area contributed by atoms with Crippen molar-refractivity contribution in [2.75, 3.05) is 17.4 Å².